The maximum Gasteiger partial charge on any atom is 0.134 e. The predicted molar refractivity (Wildman–Crippen MR) is 100 cm³/mol. The van der Waals surface area contributed by atoms with Gasteiger partial charge in [-0.15, -0.1) is 0 Å². The summed E-state index contributed by atoms with van der Waals surface area (Å²) in [7, 11) is 0. The molecule has 4 nitrogen and oxygen atoms in total. The molecule has 4 heteroatoms. The summed E-state index contributed by atoms with van der Waals surface area (Å²) < 4.78 is 17.3. The minimum Gasteiger partial charge on any atom is -0.492 e. The van der Waals surface area contributed by atoms with Gasteiger partial charge in [-0.2, -0.15) is 0 Å². The molecule has 0 atom stereocenters. The lowest BCUT2D eigenvalue weighted by molar-refractivity contribution is 0.0323. The van der Waals surface area contributed by atoms with E-state index in [1.807, 2.05) is 6.26 Å². The summed E-state index contributed by atoms with van der Waals surface area (Å²) in [6, 6.07) is 10.5. The van der Waals surface area contributed by atoms with E-state index >= 15 is 0 Å². The topological polar surface area (TPSA) is 34.8 Å². The minimum absolute atomic E-state index is 0.699. The zero-order valence-corrected chi connectivity index (χ0v) is 14.8. The van der Waals surface area contributed by atoms with Crippen molar-refractivity contribution in [2.24, 2.45) is 0 Å². The normalized spacial score (nSPS) is 15.9. The Morgan fingerprint density at radius 1 is 1.08 bits per heavy atom. The number of aryl methyl sites for hydroxylation is 1. The Bertz CT molecular complexity index is 849. The number of hydrogen-bond acceptors (Lipinski definition) is 4. The lowest BCUT2D eigenvalue weighted by atomic mass is 10.0. The Kier molecular flexibility index (Phi) is 4.90. The number of ether oxygens (including phenoxy) is 2. The van der Waals surface area contributed by atoms with Crippen molar-refractivity contribution in [2.45, 2.75) is 19.8 Å². The van der Waals surface area contributed by atoms with Crippen molar-refractivity contribution in [3.05, 3.63) is 42.2 Å². The molecule has 0 saturated carbocycles. The molecule has 0 amide bonds. The Labute approximate surface area is 148 Å². The van der Waals surface area contributed by atoms with Gasteiger partial charge in [-0.3, -0.25) is 4.90 Å². The molecular weight excluding hydrogens is 314 g/mol. The molecule has 1 aromatic heterocycles. The van der Waals surface area contributed by atoms with Crippen LogP contribution in [0.5, 0.6) is 5.75 Å². The quantitative estimate of drug-likeness (QED) is 0.672. The van der Waals surface area contributed by atoms with Crippen molar-refractivity contribution < 1.29 is 13.9 Å². The molecule has 4 rings (SSSR count). The summed E-state index contributed by atoms with van der Waals surface area (Å²) in [5.74, 6) is 0.955. The van der Waals surface area contributed by atoms with Gasteiger partial charge in [0.15, 0.2) is 0 Å². The first-order chi connectivity index (χ1) is 12.4. The van der Waals surface area contributed by atoms with Crippen LogP contribution in [0.3, 0.4) is 0 Å². The van der Waals surface area contributed by atoms with Crippen LogP contribution in [0.25, 0.3) is 21.7 Å². The summed E-state index contributed by atoms with van der Waals surface area (Å²) in [6.07, 6.45) is 4.05. The second-order valence-electron chi connectivity index (χ2n) is 6.60. The largest absolute Gasteiger partial charge is 0.492 e. The molecule has 2 heterocycles. The zero-order valence-electron chi connectivity index (χ0n) is 14.8. The standard InChI is InChI=1S/C21H25NO3/c1-2-4-16-15-25-20-8-7-17-18(21(16)20)5-3-6-19(17)24-14-11-22-9-12-23-13-10-22/h3,5-8,15H,2,4,9-14H2,1H3. The van der Waals surface area contributed by atoms with Crippen LogP contribution in [0.4, 0.5) is 0 Å². The molecule has 3 aromatic rings. The van der Waals surface area contributed by atoms with Crippen LogP contribution in [-0.2, 0) is 11.2 Å². The predicted octanol–water partition coefficient (Wildman–Crippen LogP) is 4.25. The molecule has 1 aliphatic rings. The minimum atomic E-state index is 0.699. The Morgan fingerprint density at radius 2 is 1.96 bits per heavy atom. The Morgan fingerprint density at radius 3 is 2.80 bits per heavy atom. The fourth-order valence-corrected chi connectivity index (χ4v) is 3.62. The molecule has 0 spiro atoms. The van der Waals surface area contributed by atoms with Gasteiger partial charge < -0.3 is 13.9 Å². The maximum atomic E-state index is 6.13. The highest BCUT2D eigenvalue weighted by Gasteiger charge is 2.13. The van der Waals surface area contributed by atoms with Crippen LogP contribution in [0.15, 0.2) is 41.0 Å². The van der Waals surface area contributed by atoms with Gasteiger partial charge in [-0.25, -0.2) is 0 Å². The molecule has 1 saturated heterocycles. The Balaban J connectivity index is 1.58. The lowest BCUT2D eigenvalue weighted by Crippen LogP contribution is -2.38. The second-order valence-corrected chi connectivity index (χ2v) is 6.60. The Hall–Kier alpha value is -2.04. The molecule has 1 fully saturated rings. The molecule has 132 valence electrons. The number of fused-ring (bicyclic) bond motifs is 3. The van der Waals surface area contributed by atoms with Crippen molar-refractivity contribution in [1.29, 1.82) is 0 Å². The first-order valence-corrected chi connectivity index (χ1v) is 9.21. The third-order valence-corrected chi connectivity index (χ3v) is 4.92. The van der Waals surface area contributed by atoms with Crippen molar-refractivity contribution in [1.82, 2.24) is 4.90 Å². The van der Waals surface area contributed by atoms with E-state index in [2.05, 4.69) is 42.2 Å². The third kappa shape index (κ3) is 3.37. The van der Waals surface area contributed by atoms with E-state index in [4.69, 9.17) is 13.9 Å². The highest BCUT2D eigenvalue weighted by Crippen LogP contribution is 2.34. The average molecular weight is 339 g/mol. The van der Waals surface area contributed by atoms with Crippen molar-refractivity contribution in [2.75, 3.05) is 39.5 Å². The van der Waals surface area contributed by atoms with E-state index in [9.17, 15) is 0 Å². The van der Waals surface area contributed by atoms with E-state index in [-0.39, 0.29) is 0 Å². The van der Waals surface area contributed by atoms with Gasteiger partial charge in [0.25, 0.3) is 0 Å². The summed E-state index contributed by atoms with van der Waals surface area (Å²) in [5.41, 5.74) is 2.25. The van der Waals surface area contributed by atoms with Crippen LogP contribution in [0.2, 0.25) is 0 Å². The summed E-state index contributed by atoms with van der Waals surface area (Å²) in [5, 5.41) is 3.62. The molecule has 25 heavy (non-hydrogen) atoms. The van der Waals surface area contributed by atoms with Gasteiger partial charge in [0.1, 0.15) is 17.9 Å². The van der Waals surface area contributed by atoms with Gasteiger partial charge >= 0.3 is 0 Å². The highest BCUT2D eigenvalue weighted by atomic mass is 16.5. The maximum absolute atomic E-state index is 6.13. The van der Waals surface area contributed by atoms with E-state index < -0.39 is 0 Å². The van der Waals surface area contributed by atoms with Crippen LogP contribution in [-0.4, -0.2) is 44.4 Å². The highest BCUT2D eigenvalue weighted by molar-refractivity contribution is 6.09. The van der Waals surface area contributed by atoms with Gasteiger partial charge in [0, 0.05) is 30.4 Å². The van der Waals surface area contributed by atoms with E-state index in [1.54, 1.807) is 0 Å². The van der Waals surface area contributed by atoms with Crippen LogP contribution in [0, 0.1) is 0 Å². The van der Waals surface area contributed by atoms with Crippen LogP contribution < -0.4 is 4.74 Å². The summed E-state index contributed by atoms with van der Waals surface area (Å²) in [4.78, 5) is 2.39. The number of morpholine rings is 1. The molecule has 0 aliphatic carbocycles. The monoisotopic (exact) mass is 339 g/mol. The van der Waals surface area contributed by atoms with E-state index in [0.29, 0.717) is 6.61 Å². The molecule has 0 radical (unpaired) electrons. The molecule has 0 unspecified atom stereocenters. The number of furan rings is 1. The van der Waals surface area contributed by atoms with Crippen molar-refractivity contribution in [3.8, 4) is 5.75 Å². The fraction of sp³-hybridized carbons (Fsp3) is 0.429. The van der Waals surface area contributed by atoms with Crippen LogP contribution >= 0.6 is 0 Å². The first-order valence-electron chi connectivity index (χ1n) is 9.21. The van der Waals surface area contributed by atoms with Crippen molar-refractivity contribution >= 4 is 21.7 Å². The number of benzene rings is 2. The van der Waals surface area contributed by atoms with Crippen LogP contribution in [0.1, 0.15) is 18.9 Å². The molecule has 2 aromatic carbocycles. The summed E-state index contributed by atoms with van der Waals surface area (Å²) in [6.45, 7) is 7.48. The number of hydrogen-bond donors (Lipinski definition) is 0. The van der Waals surface area contributed by atoms with Gasteiger partial charge in [0.2, 0.25) is 0 Å². The van der Waals surface area contributed by atoms with E-state index in [0.717, 1.165) is 62.4 Å². The fourth-order valence-electron chi connectivity index (χ4n) is 3.62. The first kappa shape index (κ1) is 16.4. The zero-order chi connectivity index (χ0) is 17.1. The second kappa shape index (κ2) is 7.46. The molecular formula is C21H25NO3. The average Bonchev–Trinajstić information content (AvgIpc) is 3.07. The smallest absolute Gasteiger partial charge is 0.134 e. The lowest BCUT2D eigenvalue weighted by Gasteiger charge is -2.26. The van der Waals surface area contributed by atoms with Gasteiger partial charge in [-0.05, 0) is 35.6 Å². The number of nitrogens with zero attached hydrogens (tertiary/aromatic N) is 1. The van der Waals surface area contributed by atoms with Gasteiger partial charge in [-0.1, -0.05) is 25.5 Å². The molecule has 1 aliphatic heterocycles. The van der Waals surface area contributed by atoms with Crippen molar-refractivity contribution in [3.63, 3.8) is 0 Å². The van der Waals surface area contributed by atoms with E-state index in [1.165, 1.54) is 16.3 Å². The molecule has 0 N–H and O–H groups in total. The molecule has 0 bridgehead atoms. The number of rotatable bonds is 6. The SMILES string of the molecule is CCCc1coc2ccc3c(OCCN4CCOCC4)cccc3c12. The summed E-state index contributed by atoms with van der Waals surface area (Å²) >= 11 is 0. The van der Waals surface area contributed by atoms with Gasteiger partial charge in [0.05, 0.1) is 19.5 Å². The third-order valence-electron chi connectivity index (χ3n) is 4.92.